The predicted octanol–water partition coefficient (Wildman–Crippen LogP) is 3.79. The van der Waals surface area contributed by atoms with Crippen LogP contribution < -0.4 is 5.32 Å². The van der Waals surface area contributed by atoms with Gasteiger partial charge in [0, 0.05) is 29.7 Å². The van der Waals surface area contributed by atoms with Crippen LogP contribution in [0.15, 0.2) is 53.9 Å². The van der Waals surface area contributed by atoms with Gasteiger partial charge in [0.05, 0.1) is 5.75 Å². The molecule has 1 aliphatic rings. The standard InChI is InChI=1S/C21H23N5OS/c1-15-6-8-18(9-7-15)26-20(16-10-12-22-13-11-16)24-25-21(26)28-14-19(27)23-17-4-2-3-5-17/h6-13,17H,2-5,14H2,1H3,(H,23,27). The largest absolute Gasteiger partial charge is 0.353 e. The van der Waals surface area contributed by atoms with Gasteiger partial charge in [-0.1, -0.05) is 42.3 Å². The van der Waals surface area contributed by atoms with Crippen LogP contribution in [0.5, 0.6) is 0 Å². The normalized spacial score (nSPS) is 14.3. The fraction of sp³-hybridized carbons (Fsp3) is 0.333. The summed E-state index contributed by atoms with van der Waals surface area (Å²) in [6, 6.07) is 12.4. The summed E-state index contributed by atoms with van der Waals surface area (Å²) in [6.07, 6.45) is 8.06. The Morgan fingerprint density at radius 1 is 1.11 bits per heavy atom. The molecule has 0 unspecified atom stereocenters. The highest BCUT2D eigenvalue weighted by molar-refractivity contribution is 7.99. The molecule has 0 aliphatic heterocycles. The second-order valence-corrected chi connectivity index (χ2v) is 7.99. The highest BCUT2D eigenvalue weighted by atomic mass is 32.2. The van der Waals surface area contributed by atoms with E-state index in [9.17, 15) is 4.79 Å². The number of nitrogens with one attached hydrogen (secondary N) is 1. The molecule has 4 rings (SSSR count). The number of hydrogen-bond donors (Lipinski definition) is 1. The maximum atomic E-state index is 12.3. The zero-order chi connectivity index (χ0) is 19.3. The van der Waals surface area contributed by atoms with E-state index in [1.807, 2.05) is 28.8 Å². The molecule has 1 fully saturated rings. The van der Waals surface area contributed by atoms with Crippen LogP contribution in [0, 0.1) is 6.92 Å². The lowest BCUT2D eigenvalue weighted by atomic mass is 10.2. The number of carbonyl (C=O) groups is 1. The van der Waals surface area contributed by atoms with Crippen LogP contribution in [0.1, 0.15) is 31.2 Å². The average Bonchev–Trinajstić information content (AvgIpc) is 3.37. The van der Waals surface area contributed by atoms with Crippen LogP contribution >= 0.6 is 11.8 Å². The zero-order valence-electron chi connectivity index (χ0n) is 15.8. The molecule has 1 saturated carbocycles. The van der Waals surface area contributed by atoms with Crippen molar-refractivity contribution in [2.24, 2.45) is 0 Å². The Hall–Kier alpha value is -2.67. The number of hydrogen-bond acceptors (Lipinski definition) is 5. The number of rotatable bonds is 6. The molecular weight excluding hydrogens is 370 g/mol. The minimum Gasteiger partial charge on any atom is -0.353 e. The van der Waals surface area contributed by atoms with Crippen molar-refractivity contribution in [3.63, 3.8) is 0 Å². The first-order valence-corrected chi connectivity index (χ1v) is 10.5. The summed E-state index contributed by atoms with van der Waals surface area (Å²) in [6.45, 7) is 2.06. The SMILES string of the molecule is Cc1ccc(-n2c(SCC(=O)NC3CCCC3)nnc2-c2ccncc2)cc1. The minimum absolute atomic E-state index is 0.0563. The Morgan fingerprint density at radius 2 is 1.82 bits per heavy atom. The lowest BCUT2D eigenvalue weighted by Crippen LogP contribution is -2.33. The van der Waals surface area contributed by atoms with Crippen LogP contribution in [0.3, 0.4) is 0 Å². The molecule has 1 N–H and O–H groups in total. The molecular formula is C21H23N5OS. The predicted molar refractivity (Wildman–Crippen MR) is 110 cm³/mol. The molecule has 0 spiro atoms. The highest BCUT2D eigenvalue weighted by Gasteiger charge is 2.20. The summed E-state index contributed by atoms with van der Waals surface area (Å²) >= 11 is 1.41. The maximum Gasteiger partial charge on any atom is 0.230 e. The van der Waals surface area contributed by atoms with Gasteiger partial charge in [-0.15, -0.1) is 10.2 Å². The van der Waals surface area contributed by atoms with E-state index in [1.165, 1.54) is 30.2 Å². The molecule has 6 nitrogen and oxygen atoms in total. The first-order valence-electron chi connectivity index (χ1n) is 9.56. The van der Waals surface area contributed by atoms with Gasteiger partial charge in [0.2, 0.25) is 5.91 Å². The summed E-state index contributed by atoms with van der Waals surface area (Å²) in [7, 11) is 0. The van der Waals surface area contributed by atoms with E-state index in [2.05, 4.69) is 39.6 Å². The molecule has 1 aliphatic carbocycles. The van der Waals surface area contributed by atoms with E-state index in [1.54, 1.807) is 12.4 Å². The van der Waals surface area contributed by atoms with Crippen molar-refractivity contribution in [2.75, 3.05) is 5.75 Å². The summed E-state index contributed by atoms with van der Waals surface area (Å²) in [4.78, 5) is 16.4. The highest BCUT2D eigenvalue weighted by Crippen LogP contribution is 2.28. The minimum atomic E-state index is 0.0563. The van der Waals surface area contributed by atoms with E-state index in [-0.39, 0.29) is 5.91 Å². The van der Waals surface area contributed by atoms with E-state index < -0.39 is 0 Å². The van der Waals surface area contributed by atoms with Gasteiger partial charge in [-0.25, -0.2) is 0 Å². The van der Waals surface area contributed by atoms with Crippen LogP contribution in [-0.4, -0.2) is 37.5 Å². The van der Waals surface area contributed by atoms with Crippen molar-refractivity contribution in [2.45, 2.75) is 43.8 Å². The Morgan fingerprint density at radius 3 is 2.54 bits per heavy atom. The number of aromatic nitrogens is 4. The summed E-state index contributed by atoms with van der Waals surface area (Å²) in [5.41, 5.74) is 3.10. The number of aryl methyl sites for hydroxylation is 1. The number of amides is 1. The Labute approximate surface area is 168 Å². The van der Waals surface area contributed by atoms with Gasteiger partial charge in [0.25, 0.3) is 0 Å². The van der Waals surface area contributed by atoms with Crippen LogP contribution in [0.2, 0.25) is 0 Å². The lowest BCUT2D eigenvalue weighted by Gasteiger charge is -2.13. The van der Waals surface area contributed by atoms with Crippen molar-refractivity contribution in [1.82, 2.24) is 25.1 Å². The molecule has 7 heteroatoms. The van der Waals surface area contributed by atoms with Gasteiger partial charge >= 0.3 is 0 Å². The van der Waals surface area contributed by atoms with Crippen LogP contribution in [0.25, 0.3) is 17.1 Å². The van der Waals surface area contributed by atoms with Gasteiger partial charge < -0.3 is 5.32 Å². The Bertz CT molecular complexity index is 933. The molecule has 0 atom stereocenters. The first-order chi connectivity index (χ1) is 13.7. The monoisotopic (exact) mass is 393 g/mol. The van der Waals surface area contributed by atoms with Crippen molar-refractivity contribution in [1.29, 1.82) is 0 Å². The Kier molecular flexibility index (Phi) is 5.71. The second-order valence-electron chi connectivity index (χ2n) is 7.05. The van der Waals surface area contributed by atoms with Gasteiger partial charge in [0.1, 0.15) is 0 Å². The fourth-order valence-corrected chi connectivity index (χ4v) is 4.21. The third-order valence-corrected chi connectivity index (χ3v) is 5.85. The van der Waals surface area contributed by atoms with Gasteiger partial charge in [0.15, 0.2) is 11.0 Å². The quantitative estimate of drug-likeness (QED) is 0.645. The number of pyridine rings is 1. The summed E-state index contributed by atoms with van der Waals surface area (Å²) in [5.74, 6) is 1.13. The van der Waals surface area contributed by atoms with Crippen LogP contribution in [-0.2, 0) is 4.79 Å². The van der Waals surface area contributed by atoms with Crippen molar-refractivity contribution < 1.29 is 4.79 Å². The van der Waals surface area contributed by atoms with E-state index in [4.69, 9.17) is 0 Å². The molecule has 1 aromatic carbocycles. The van der Waals surface area contributed by atoms with Crippen molar-refractivity contribution in [3.05, 3.63) is 54.4 Å². The van der Waals surface area contributed by atoms with E-state index >= 15 is 0 Å². The molecule has 1 amide bonds. The fourth-order valence-electron chi connectivity index (χ4n) is 3.45. The molecule has 0 bridgehead atoms. The van der Waals surface area contributed by atoms with Crippen LogP contribution in [0.4, 0.5) is 0 Å². The van der Waals surface area contributed by atoms with Gasteiger partial charge in [-0.3, -0.25) is 14.3 Å². The Balaban J connectivity index is 1.58. The topological polar surface area (TPSA) is 72.7 Å². The summed E-state index contributed by atoms with van der Waals surface area (Å²) in [5, 5.41) is 12.6. The molecule has 28 heavy (non-hydrogen) atoms. The molecule has 2 heterocycles. The maximum absolute atomic E-state index is 12.3. The second kappa shape index (κ2) is 8.56. The zero-order valence-corrected chi connectivity index (χ0v) is 16.7. The number of benzene rings is 1. The third kappa shape index (κ3) is 4.25. The van der Waals surface area contributed by atoms with Gasteiger partial charge in [-0.2, -0.15) is 0 Å². The summed E-state index contributed by atoms with van der Waals surface area (Å²) < 4.78 is 2.00. The van der Waals surface area contributed by atoms with Crippen molar-refractivity contribution in [3.8, 4) is 17.1 Å². The third-order valence-electron chi connectivity index (χ3n) is 4.92. The molecule has 0 radical (unpaired) electrons. The smallest absolute Gasteiger partial charge is 0.230 e. The molecule has 144 valence electrons. The van der Waals surface area contributed by atoms with Crippen molar-refractivity contribution >= 4 is 17.7 Å². The lowest BCUT2D eigenvalue weighted by molar-refractivity contribution is -0.119. The van der Waals surface area contributed by atoms with Gasteiger partial charge in [-0.05, 0) is 44.0 Å². The average molecular weight is 394 g/mol. The number of carbonyl (C=O) groups excluding carboxylic acids is 1. The first kappa shape index (κ1) is 18.7. The molecule has 0 saturated heterocycles. The number of nitrogens with zero attached hydrogens (tertiary/aromatic N) is 4. The molecule has 3 aromatic rings. The van der Waals surface area contributed by atoms with E-state index in [0.29, 0.717) is 17.0 Å². The molecule has 2 aromatic heterocycles. The number of thioether (sulfide) groups is 1. The van der Waals surface area contributed by atoms with E-state index in [0.717, 1.165) is 29.9 Å².